The van der Waals surface area contributed by atoms with E-state index in [0.29, 0.717) is 19.4 Å². The van der Waals surface area contributed by atoms with Crippen molar-refractivity contribution in [1.29, 1.82) is 0 Å². The highest BCUT2D eigenvalue weighted by Gasteiger charge is 2.23. The number of aliphatic carboxylic acids is 1. The van der Waals surface area contributed by atoms with Crippen molar-refractivity contribution < 1.29 is 24.2 Å². The predicted molar refractivity (Wildman–Crippen MR) is 66.8 cm³/mol. The first-order chi connectivity index (χ1) is 8.88. The molecule has 0 radical (unpaired) electrons. The molecule has 2 unspecified atom stereocenters. The zero-order valence-electron chi connectivity index (χ0n) is 10.7. The SMILES string of the molecule is NCCCCC(N)C(=O)OC(=O)C(N)CCC(=O)O. The standard InChI is InChI=1S/C11H21N3O5/c12-6-2-1-3-7(13)10(17)19-11(18)8(14)4-5-9(15)16/h7-8H,1-6,12-14H2,(H,15,16). The largest absolute Gasteiger partial charge is 0.481 e. The van der Waals surface area contributed by atoms with Crippen LogP contribution in [0, 0.1) is 0 Å². The van der Waals surface area contributed by atoms with Crippen LogP contribution in [-0.4, -0.2) is 41.6 Å². The van der Waals surface area contributed by atoms with Gasteiger partial charge in [-0.3, -0.25) is 4.79 Å². The molecular weight excluding hydrogens is 254 g/mol. The monoisotopic (exact) mass is 275 g/mol. The average Bonchev–Trinajstić information content (AvgIpc) is 2.35. The van der Waals surface area contributed by atoms with Crippen molar-refractivity contribution in [2.75, 3.05) is 6.54 Å². The van der Waals surface area contributed by atoms with E-state index < -0.39 is 30.0 Å². The van der Waals surface area contributed by atoms with Gasteiger partial charge in [-0.1, -0.05) is 6.42 Å². The number of hydrogen-bond donors (Lipinski definition) is 4. The molecular formula is C11H21N3O5. The minimum absolute atomic E-state index is 0.0934. The fourth-order valence-electron chi connectivity index (χ4n) is 1.27. The molecule has 0 fully saturated rings. The van der Waals surface area contributed by atoms with Gasteiger partial charge in [0.15, 0.2) is 0 Å². The topological polar surface area (TPSA) is 159 Å². The van der Waals surface area contributed by atoms with Crippen molar-refractivity contribution in [3.8, 4) is 0 Å². The number of ether oxygens (including phenoxy) is 1. The van der Waals surface area contributed by atoms with Gasteiger partial charge in [-0.25, -0.2) is 9.59 Å². The number of carboxylic acids is 1. The Bertz CT molecular complexity index is 321. The van der Waals surface area contributed by atoms with Gasteiger partial charge >= 0.3 is 17.9 Å². The molecule has 0 aliphatic carbocycles. The number of carbonyl (C=O) groups is 3. The minimum Gasteiger partial charge on any atom is -0.481 e. The molecule has 0 saturated heterocycles. The van der Waals surface area contributed by atoms with E-state index in [1.807, 2.05) is 0 Å². The smallest absolute Gasteiger partial charge is 0.330 e. The summed E-state index contributed by atoms with van der Waals surface area (Å²) in [7, 11) is 0. The maximum Gasteiger partial charge on any atom is 0.330 e. The van der Waals surface area contributed by atoms with Crippen molar-refractivity contribution in [3.63, 3.8) is 0 Å². The van der Waals surface area contributed by atoms with Gasteiger partial charge in [-0.2, -0.15) is 0 Å². The molecule has 0 aromatic heterocycles. The number of unbranched alkanes of at least 4 members (excludes halogenated alkanes) is 1. The van der Waals surface area contributed by atoms with Crippen molar-refractivity contribution in [2.45, 2.75) is 44.2 Å². The van der Waals surface area contributed by atoms with Crippen LogP contribution < -0.4 is 17.2 Å². The molecule has 0 spiro atoms. The fraction of sp³-hybridized carbons (Fsp3) is 0.727. The van der Waals surface area contributed by atoms with Gasteiger partial charge in [0.2, 0.25) is 0 Å². The van der Waals surface area contributed by atoms with E-state index in [4.69, 9.17) is 22.3 Å². The Hall–Kier alpha value is -1.51. The number of nitrogens with two attached hydrogens (primary N) is 3. The summed E-state index contributed by atoms with van der Waals surface area (Å²) in [5.41, 5.74) is 16.2. The molecule has 7 N–H and O–H groups in total. The molecule has 110 valence electrons. The summed E-state index contributed by atoms with van der Waals surface area (Å²) in [5.74, 6) is -2.89. The average molecular weight is 275 g/mol. The Balaban J connectivity index is 4.02. The van der Waals surface area contributed by atoms with Crippen molar-refractivity contribution in [1.82, 2.24) is 0 Å². The first kappa shape index (κ1) is 17.5. The maximum absolute atomic E-state index is 11.4. The third-order valence-corrected chi connectivity index (χ3v) is 2.45. The van der Waals surface area contributed by atoms with Gasteiger partial charge in [0.05, 0.1) is 0 Å². The van der Waals surface area contributed by atoms with Gasteiger partial charge in [0.1, 0.15) is 12.1 Å². The first-order valence-corrected chi connectivity index (χ1v) is 6.07. The van der Waals surface area contributed by atoms with Crippen LogP contribution in [0.2, 0.25) is 0 Å². The number of carboxylic acid groups (broad SMARTS) is 1. The number of hydrogen-bond acceptors (Lipinski definition) is 7. The lowest BCUT2D eigenvalue weighted by Gasteiger charge is -2.12. The fourth-order valence-corrected chi connectivity index (χ4v) is 1.27. The van der Waals surface area contributed by atoms with Crippen LogP contribution in [0.25, 0.3) is 0 Å². The molecule has 0 amide bonds. The molecule has 0 aromatic carbocycles. The van der Waals surface area contributed by atoms with Crippen LogP contribution in [0.15, 0.2) is 0 Å². The second kappa shape index (κ2) is 9.42. The van der Waals surface area contributed by atoms with Crippen molar-refractivity contribution in [2.24, 2.45) is 17.2 Å². The van der Waals surface area contributed by atoms with E-state index >= 15 is 0 Å². The van der Waals surface area contributed by atoms with E-state index in [9.17, 15) is 14.4 Å². The molecule has 8 heteroatoms. The van der Waals surface area contributed by atoms with Crippen LogP contribution in [0.1, 0.15) is 32.1 Å². The van der Waals surface area contributed by atoms with Gasteiger partial charge in [0, 0.05) is 6.42 Å². The summed E-state index contributed by atoms with van der Waals surface area (Å²) in [6, 6.07) is -2.04. The second-order valence-corrected chi connectivity index (χ2v) is 4.17. The molecule has 0 rings (SSSR count). The zero-order valence-corrected chi connectivity index (χ0v) is 10.7. The molecule has 0 saturated carbocycles. The van der Waals surface area contributed by atoms with Gasteiger partial charge in [-0.05, 0) is 25.8 Å². The third-order valence-electron chi connectivity index (χ3n) is 2.45. The van der Waals surface area contributed by atoms with E-state index in [-0.39, 0.29) is 12.8 Å². The van der Waals surface area contributed by atoms with Crippen molar-refractivity contribution in [3.05, 3.63) is 0 Å². The van der Waals surface area contributed by atoms with Crippen LogP contribution in [0.3, 0.4) is 0 Å². The number of esters is 2. The lowest BCUT2D eigenvalue weighted by Crippen LogP contribution is -2.39. The molecule has 19 heavy (non-hydrogen) atoms. The van der Waals surface area contributed by atoms with E-state index in [1.54, 1.807) is 0 Å². The third kappa shape index (κ3) is 8.25. The normalized spacial score (nSPS) is 13.6. The Morgan fingerprint density at radius 1 is 1.00 bits per heavy atom. The van der Waals surface area contributed by atoms with Crippen LogP contribution in [-0.2, 0) is 19.1 Å². The Morgan fingerprint density at radius 3 is 2.00 bits per heavy atom. The molecule has 0 aliphatic heterocycles. The minimum atomic E-state index is -1.14. The van der Waals surface area contributed by atoms with Gasteiger partial charge in [0.25, 0.3) is 0 Å². The lowest BCUT2D eigenvalue weighted by atomic mass is 10.1. The second-order valence-electron chi connectivity index (χ2n) is 4.17. The zero-order chi connectivity index (χ0) is 14.8. The summed E-state index contributed by atoms with van der Waals surface area (Å²) in [6.07, 6.45) is 1.39. The summed E-state index contributed by atoms with van der Waals surface area (Å²) < 4.78 is 4.48. The number of carbonyl (C=O) groups excluding carboxylic acids is 2. The first-order valence-electron chi connectivity index (χ1n) is 6.07. The Labute approximate surface area is 111 Å². The molecule has 2 atom stereocenters. The van der Waals surface area contributed by atoms with Crippen molar-refractivity contribution >= 4 is 17.9 Å². The van der Waals surface area contributed by atoms with E-state index in [1.165, 1.54) is 0 Å². The molecule has 0 aliphatic rings. The van der Waals surface area contributed by atoms with Crippen LogP contribution in [0.4, 0.5) is 0 Å². The lowest BCUT2D eigenvalue weighted by molar-refractivity contribution is -0.161. The molecule has 0 heterocycles. The van der Waals surface area contributed by atoms with Crippen LogP contribution >= 0.6 is 0 Å². The van der Waals surface area contributed by atoms with Crippen LogP contribution in [0.5, 0.6) is 0 Å². The summed E-state index contributed by atoms with van der Waals surface area (Å²) >= 11 is 0. The highest BCUT2D eigenvalue weighted by atomic mass is 16.6. The summed E-state index contributed by atoms with van der Waals surface area (Å²) in [6.45, 7) is 0.501. The molecule has 8 nitrogen and oxygen atoms in total. The maximum atomic E-state index is 11.4. The Morgan fingerprint density at radius 2 is 1.53 bits per heavy atom. The van der Waals surface area contributed by atoms with E-state index in [2.05, 4.69) is 4.74 Å². The molecule has 0 aromatic rings. The highest BCUT2D eigenvalue weighted by Crippen LogP contribution is 2.03. The predicted octanol–water partition coefficient (Wildman–Crippen LogP) is -1.30. The highest BCUT2D eigenvalue weighted by molar-refractivity contribution is 5.90. The van der Waals surface area contributed by atoms with E-state index in [0.717, 1.165) is 6.42 Å². The number of rotatable bonds is 9. The summed E-state index contributed by atoms with van der Waals surface area (Å²) in [5, 5.41) is 8.43. The van der Waals surface area contributed by atoms with Gasteiger partial charge in [-0.15, -0.1) is 0 Å². The Kier molecular flexibility index (Phi) is 8.68. The quantitative estimate of drug-likeness (QED) is 0.229. The molecule has 0 bridgehead atoms. The summed E-state index contributed by atoms with van der Waals surface area (Å²) in [4.78, 5) is 33.1. The van der Waals surface area contributed by atoms with Gasteiger partial charge < -0.3 is 27.0 Å².